The minimum atomic E-state index is -0.187. The number of piperazine rings is 6. The summed E-state index contributed by atoms with van der Waals surface area (Å²) in [5.41, 5.74) is 24.0. The number of halogens is 1. The Hall–Kier alpha value is -11.2. The minimum absolute atomic E-state index is 0.0767. The Balaban J connectivity index is 0.000000147. The van der Waals surface area contributed by atoms with Gasteiger partial charge in [-0.1, -0.05) is 54.6 Å². The molecule has 714 valence electrons. The molecule has 9 heterocycles. The van der Waals surface area contributed by atoms with Gasteiger partial charge in [-0.15, -0.1) is 0 Å². The maximum Gasteiger partial charge on any atom is 0.253 e. The number of nitrogens with zero attached hydrogens (tertiary/aromatic N) is 15. The molecule has 6 aliphatic rings. The number of benzene rings is 9. The average molecular weight is 1830 g/mol. The van der Waals surface area contributed by atoms with Crippen LogP contribution in [0.15, 0.2) is 206 Å². The number of fused-ring (bicyclic) bond motifs is 3. The van der Waals surface area contributed by atoms with Crippen LogP contribution in [0.1, 0.15) is 101 Å². The number of aromatic nitrogens is 3. The SMILES string of the molecule is COc1cccc(CCN2CCN(C(=O)c3ccc(Nc4ccc5c(c4)c(C)c(C)n5CCCN4CCN(C)CC4)cc3)CC2)c1.Cc1c(C)n(CCCN2CCN(C)CC2)c2ccc(Nc3ccc(C(=O)N4CCN(CCc5cccc(F)c5)CC4)cc3)cc12.Cc1c(C)n(CCCN2CCN(C)CC2)c2ccc(Nc3ccc(C(=O)N4CCN(CCc5ccccc5)CC4)cc3)cc12. The highest BCUT2D eigenvalue weighted by Crippen LogP contribution is 2.35. The maximum atomic E-state index is 13.5. The second kappa shape index (κ2) is 46.5. The van der Waals surface area contributed by atoms with Crippen molar-refractivity contribution in [2.45, 2.75) is 99.7 Å². The molecule has 22 nitrogen and oxygen atoms in total. The van der Waals surface area contributed by atoms with Gasteiger partial charge in [0.1, 0.15) is 11.6 Å². The van der Waals surface area contributed by atoms with Crippen LogP contribution in [0.3, 0.4) is 0 Å². The quantitative estimate of drug-likeness (QED) is 0.0378. The van der Waals surface area contributed by atoms with Crippen LogP contribution in [0.5, 0.6) is 5.75 Å². The number of rotatable bonds is 31. The van der Waals surface area contributed by atoms with Crippen molar-refractivity contribution in [2.24, 2.45) is 0 Å². The second-order valence-corrected chi connectivity index (χ2v) is 38.5. The van der Waals surface area contributed by atoms with Crippen LogP contribution in [0.4, 0.5) is 38.5 Å². The normalized spacial score (nSPS) is 16.8. The summed E-state index contributed by atoms with van der Waals surface area (Å²) in [5, 5.41) is 14.6. The fourth-order valence-electron chi connectivity index (χ4n) is 20.3. The number of nitrogens with one attached hydrogen (secondary N) is 3. The van der Waals surface area contributed by atoms with Crippen LogP contribution in [0.2, 0.25) is 0 Å². The summed E-state index contributed by atoms with van der Waals surface area (Å²) in [7, 11) is 8.34. The highest BCUT2D eigenvalue weighted by Gasteiger charge is 2.28. The van der Waals surface area contributed by atoms with Gasteiger partial charge in [-0.25, -0.2) is 4.39 Å². The van der Waals surface area contributed by atoms with Gasteiger partial charge in [0.15, 0.2) is 0 Å². The molecule has 0 atom stereocenters. The van der Waals surface area contributed by atoms with E-state index in [-0.39, 0.29) is 23.5 Å². The van der Waals surface area contributed by atoms with Crippen LogP contribution in [0, 0.1) is 47.4 Å². The minimum Gasteiger partial charge on any atom is -0.497 e. The van der Waals surface area contributed by atoms with Gasteiger partial charge < -0.3 is 78.5 Å². The van der Waals surface area contributed by atoms with Crippen molar-refractivity contribution >= 4 is 84.6 Å². The molecule has 3 amide bonds. The van der Waals surface area contributed by atoms with Crippen molar-refractivity contribution in [1.29, 1.82) is 0 Å². The van der Waals surface area contributed by atoms with Crippen LogP contribution in [0.25, 0.3) is 32.7 Å². The number of methoxy groups -OCH3 is 1. The van der Waals surface area contributed by atoms with Gasteiger partial charge in [0.05, 0.1) is 7.11 Å². The van der Waals surface area contributed by atoms with E-state index in [4.69, 9.17) is 4.74 Å². The molecule has 135 heavy (non-hydrogen) atoms. The van der Waals surface area contributed by atoms with Gasteiger partial charge in [-0.2, -0.15) is 0 Å². The van der Waals surface area contributed by atoms with Crippen molar-refractivity contribution in [1.82, 2.24) is 72.5 Å². The molecular weight excluding hydrogens is 1680 g/mol. The number of hydrogen-bond acceptors (Lipinski definition) is 16. The molecule has 6 saturated heterocycles. The lowest BCUT2D eigenvalue weighted by Crippen LogP contribution is -2.49. The predicted molar refractivity (Wildman–Crippen MR) is 553 cm³/mol. The molecule has 6 fully saturated rings. The number of hydrogen-bond donors (Lipinski definition) is 3. The van der Waals surface area contributed by atoms with Crippen LogP contribution in [-0.4, -0.2) is 315 Å². The summed E-state index contributed by atoms with van der Waals surface area (Å²) in [6.45, 7) is 46.8. The summed E-state index contributed by atoms with van der Waals surface area (Å²) in [5.74, 6) is 1.03. The summed E-state index contributed by atoms with van der Waals surface area (Å²) >= 11 is 0. The molecule has 0 unspecified atom stereocenters. The number of amides is 3. The van der Waals surface area contributed by atoms with E-state index in [1.165, 1.54) is 162 Å². The fraction of sp³-hybridized carbons (Fsp3) is 0.438. The molecular formula is C112H145FN18O4. The van der Waals surface area contributed by atoms with E-state index >= 15 is 0 Å². The third kappa shape index (κ3) is 25.5. The topological polar surface area (TPSA) is 150 Å². The predicted octanol–water partition coefficient (Wildman–Crippen LogP) is 17.1. The third-order valence-corrected chi connectivity index (χ3v) is 29.5. The molecule has 0 bridgehead atoms. The average Bonchev–Trinajstić information content (AvgIpc) is 1.64. The molecule has 6 aliphatic heterocycles. The van der Waals surface area contributed by atoms with E-state index in [0.717, 1.165) is 220 Å². The first kappa shape index (κ1) is 96.9. The lowest BCUT2D eigenvalue weighted by atomic mass is 10.1. The Morgan fingerprint density at radius 2 is 0.570 bits per heavy atom. The maximum absolute atomic E-state index is 13.5. The summed E-state index contributed by atoms with van der Waals surface area (Å²) in [4.78, 5) is 68.0. The standard InChI is InChI=1S/C38H50N6O2.C37H47FN6O.C37H48N6O/c1-29-30(2)44(17-6-16-41-21-19-40(3)20-22-41)37-14-13-34(28-36(29)37)39-33-11-9-32(10-12-33)38(45)43-25-23-42(24-26-43)18-15-31-7-5-8-35(27-31)46-4;1-28-29(2)44(16-5-15-41-20-18-40(3)19-21-41)36-13-12-34(27-35(28)36)39-33-10-8-31(9-11-33)37(45)43-24-22-42(23-25-43)17-14-30-6-4-7-32(38)26-30;1-29-30(2)43(18-7-17-40-22-20-39(3)21-23-40)36-15-14-34(28-35(29)36)38-33-12-10-32(11-13-33)37(44)42-26-24-41(25-27-42)19-16-31-8-5-4-6-9-31/h5,7-14,27-28,39H,6,15-26H2,1-4H3;4,6-13,26-27,39H,5,14-25H2,1-3H3;4-6,8-15,28,38H,7,16-27H2,1-3H3. The Labute approximate surface area is 801 Å². The van der Waals surface area contributed by atoms with E-state index in [2.05, 4.69) is 233 Å². The summed E-state index contributed by atoms with van der Waals surface area (Å²) in [6, 6.07) is 69.5. The number of likely N-dealkylation sites (N-methyl/N-ethyl adjacent to an activating group) is 3. The van der Waals surface area contributed by atoms with Crippen molar-refractivity contribution in [3.05, 3.63) is 279 Å². The van der Waals surface area contributed by atoms with E-state index < -0.39 is 0 Å². The monoisotopic (exact) mass is 1830 g/mol. The van der Waals surface area contributed by atoms with Crippen molar-refractivity contribution in [3.63, 3.8) is 0 Å². The zero-order valence-corrected chi connectivity index (χ0v) is 81.9. The van der Waals surface area contributed by atoms with Crippen molar-refractivity contribution in [2.75, 3.05) is 241 Å². The summed E-state index contributed by atoms with van der Waals surface area (Å²) in [6.07, 6.45) is 6.34. The van der Waals surface area contributed by atoms with Crippen LogP contribution in [-0.2, 0) is 38.9 Å². The number of carbonyl (C=O) groups is 3. The van der Waals surface area contributed by atoms with E-state index in [0.29, 0.717) is 18.7 Å². The molecule has 3 N–H and O–H groups in total. The van der Waals surface area contributed by atoms with Crippen LogP contribution < -0.4 is 20.7 Å². The Kier molecular flexibility index (Phi) is 33.4. The lowest BCUT2D eigenvalue weighted by molar-refractivity contribution is 0.0632. The highest BCUT2D eigenvalue weighted by atomic mass is 19.1. The molecule has 9 aromatic carbocycles. The number of ether oxygens (including phenoxy) is 1. The molecule has 3 aromatic heterocycles. The number of anilines is 6. The van der Waals surface area contributed by atoms with Crippen LogP contribution >= 0.6 is 0 Å². The Morgan fingerprint density at radius 1 is 0.289 bits per heavy atom. The molecule has 18 rings (SSSR count). The van der Waals surface area contributed by atoms with Gasteiger partial charge in [0.2, 0.25) is 0 Å². The third-order valence-electron chi connectivity index (χ3n) is 29.5. The smallest absolute Gasteiger partial charge is 0.253 e. The van der Waals surface area contributed by atoms with Gasteiger partial charge in [0, 0.05) is 297 Å². The van der Waals surface area contributed by atoms with Gasteiger partial charge in [0.25, 0.3) is 17.7 Å². The molecule has 0 saturated carbocycles. The number of carbonyl (C=O) groups excluding carboxylic acids is 3. The van der Waals surface area contributed by atoms with Gasteiger partial charge in [-0.05, 0) is 306 Å². The zero-order chi connectivity index (χ0) is 93.9. The molecule has 23 heteroatoms. The molecule has 0 aliphatic carbocycles. The summed E-state index contributed by atoms with van der Waals surface area (Å²) < 4.78 is 26.3. The fourth-order valence-corrected chi connectivity index (χ4v) is 20.3. The highest BCUT2D eigenvalue weighted by molar-refractivity contribution is 5.97. The van der Waals surface area contributed by atoms with Gasteiger partial charge in [-0.3, -0.25) is 29.1 Å². The first-order valence-corrected chi connectivity index (χ1v) is 49.7. The molecule has 0 radical (unpaired) electrons. The largest absolute Gasteiger partial charge is 0.497 e. The van der Waals surface area contributed by atoms with E-state index in [9.17, 15) is 18.8 Å². The molecule has 12 aromatic rings. The Morgan fingerprint density at radius 3 is 0.889 bits per heavy atom. The number of aryl methyl sites for hydroxylation is 6. The van der Waals surface area contributed by atoms with E-state index in [1.54, 1.807) is 19.2 Å². The zero-order valence-electron chi connectivity index (χ0n) is 81.9. The van der Waals surface area contributed by atoms with Gasteiger partial charge >= 0.3 is 0 Å². The first-order chi connectivity index (χ1) is 65.6. The van der Waals surface area contributed by atoms with Crippen molar-refractivity contribution < 1.29 is 23.5 Å². The van der Waals surface area contributed by atoms with Crippen molar-refractivity contribution in [3.8, 4) is 5.75 Å². The van der Waals surface area contributed by atoms with E-state index in [1.807, 2.05) is 106 Å². The Bertz CT molecular complexity index is 5890. The second-order valence-electron chi connectivity index (χ2n) is 38.5. The molecule has 0 spiro atoms. The lowest BCUT2D eigenvalue weighted by Gasteiger charge is -2.34. The first-order valence-electron chi connectivity index (χ1n) is 49.7.